The Morgan fingerprint density at radius 3 is 2.53 bits per heavy atom. The van der Waals surface area contributed by atoms with Gasteiger partial charge in [0.1, 0.15) is 17.8 Å². The van der Waals surface area contributed by atoms with Gasteiger partial charge < -0.3 is 9.26 Å². The van der Waals surface area contributed by atoms with Crippen LogP contribution >= 0.6 is 11.6 Å². The molecule has 182 valence electrons. The third kappa shape index (κ3) is 4.53. The monoisotopic (exact) mass is 520 g/mol. The van der Waals surface area contributed by atoms with E-state index in [4.69, 9.17) is 20.9 Å². The number of rotatable bonds is 6. The number of sulfone groups is 1. The fourth-order valence-corrected chi connectivity index (χ4v) is 5.70. The number of aryl methyl sites for hydroxylation is 1. The Kier molecular flexibility index (Phi) is 6.15. The molecule has 5 aromatic rings. The lowest BCUT2D eigenvalue weighted by Gasteiger charge is -2.15. The SMILES string of the molecule is COc1cc(Cl)cc(-c2ccc(-n3c(=O)ccc4cc(S(=O)(=O)Cc5ccon5)ccc43)c(C)c2)c1. The number of hydrogen-bond acceptors (Lipinski definition) is 6. The van der Waals surface area contributed by atoms with Crippen molar-refractivity contribution < 1.29 is 17.7 Å². The van der Waals surface area contributed by atoms with Crippen LogP contribution in [0.3, 0.4) is 0 Å². The molecule has 3 aromatic carbocycles. The van der Waals surface area contributed by atoms with Gasteiger partial charge in [-0.2, -0.15) is 0 Å². The molecule has 0 unspecified atom stereocenters. The van der Waals surface area contributed by atoms with Gasteiger partial charge in [-0.3, -0.25) is 9.36 Å². The molecule has 0 fully saturated rings. The molecule has 5 rings (SSSR count). The smallest absolute Gasteiger partial charge is 0.255 e. The van der Waals surface area contributed by atoms with Gasteiger partial charge in [0, 0.05) is 22.5 Å². The summed E-state index contributed by atoms with van der Waals surface area (Å²) in [5, 5.41) is 4.88. The zero-order valence-corrected chi connectivity index (χ0v) is 21.0. The van der Waals surface area contributed by atoms with E-state index in [1.807, 2.05) is 37.3 Å². The molecule has 0 spiro atoms. The van der Waals surface area contributed by atoms with Crippen molar-refractivity contribution >= 4 is 32.3 Å². The Bertz CT molecular complexity index is 1760. The third-order valence-corrected chi connectivity index (χ3v) is 7.80. The Labute approximate surface area is 212 Å². The zero-order chi connectivity index (χ0) is 25.4. The lowest BCUT2D eigenvalue weighted by molar-refractivity contribution is 0.413. The molecule has 7 nitrogen and oxygen atoms in total. The summed E-state index contributed by atoms with van der Waals surface area (Å²) >= 11 is 6.24. The summed E-state index contributed by atoms with van der Waals surface area (Å²) in [4.78, 5) is 13.1. The molecule has 2 heterocycles. The zero-order valence-electron chi connectivity index (χ0n) is 19.4. The van der Waals surface area contributed by atoms with Gasteiger partial charge >= 0.3 is 0 Å². The first-order valence-electron chi connectivity index (χ1n) is 11.0. The van der Waals surface area contributed by atoms with Crippen LogP contribution in [0.4, 0.5) is 0 Å². The molecule has 0 bridgehead atoms. The van der Waals surface area contributed by atoms with Crippen molar-refractivity contribution in [2.75, 3.05) is 7.11 Å². The Morgan fingerprint density at radius 2 is 1.81 bits per heavy atom. The number of aromatic nitrogens is 2. The second-order valence-corrected chi connectivity index (χ2v) is 10.8. The molecule has 9 heteroatoms. The van der Waals surface area contributed by atoms with Crippen molar-refractivity contribution in [2.24, 2.45) is 0 Å². The van der Waals surface area contributed by atoms with Gasteiger partial charge in [0.05, 0.1) is 28.9 Å². The molecule has 0 radical (unpaired) electrons. The number of ether oxygens (including phenoxy) is 1. The third-order valence-electron chi connectivity index (χ3n) is 5.93. The van der Waals surface area contributed by atoms with Crippen LogP contribution in [-0.4, -0.2) is 25.3 Å². The Hall–Kier alpha value is -3.88. The van der Waals surface area contributed by atoms with Gasteiger partial charge in [-0.1, -0.05) is 22.8 Å². The van der Waals surface area contributed by atoms with Crippen LogP contribution in [0.2, 0.25) is 5.02 Å². The molecule has 0 aliphatic carbocycles. The van der Waals surface area contributed by atoms with Crippen LogP contribution in [0.15, 0.2) is 93.3 Å². The van der Waals surface area contributed by atoms with Gasteiger partial charge in [-0.15, -0.1) is 0 Å². The van der Waals surface area contributed by atoms with Gasteiger partial charge in [0.2, 0.25) is 0 Å². The van der Waals surface area contributed by atoms with E-state index in [1.165, 1.54) is 24.5 Å². The molecule has 36 heavy (non-hydrogen) atoms. The minimum absolute atomic E-state index is 0.144. The maximum absolute atomic E-state index is 13.0. The van der Waals surface area contributed by atoms with E-state index >= 15 is 0 Å². The number of hydrogen-bond donors (Lipinski definition) is 0. The molecule has 0 saturated heterocycles. The van der Waals surface area contributed by atoms with Gasteiger partial charge in [-0.05, 0) is 78.2 Å². The molecule has 0 aliphatic rings. The van der Waals surface area contributed by atoms with E-state index in [0.29, 0.717) is 33.1 Å². The lowest BCUT2D eigenvalue weighted by atomic mass is 10.0. The van der Waals surface area contributed by atoms with Crippen molar-refractivity contribution in [3.63, 3.8) is 0 Å². The van der Waals surface area contributed by atoms with Crippen LogP contribution < -0.4 is 10.3 Å². The fraction of sp³-hybridized carbons (Fsp3) is 0.111. The van der Waals surface area contributed by atoms with E-state index in [0.717, 1.165) is 16.7 Å². The highest BCUT2D eigenvalue weighted by Gasteiger charge is 2.19. The number of benzene rings is 3. The summed E-state index contributed by atoms with van der Waals surface area (Å²) in [6, 6.07) is 20.6. The number of methoxy groups -OCH3 is 1. The van der Waals surface area contributed by atoms with Crippen LogP contribution in [0, 0.1) is 6.92 Å². The highest BCUT2D eigenvalue weighted by atomic mass is 35.5. The second kappa shape index (κ2) is 9.29. The summed E-state index contributed by atoms with van der Waals surface area (Å²) in [6.07, 6.45) is 1.33. The summed E-state index contributed by atoms with van der Waals surface area (Å²) in [5.41, 5.74) is 4.08. The molecule has 0 saturated carbocycles. The first-order chi connectivity index (χ1) is 17.2. The molecule has 2 aromatic heterocycles. The van der Waals surface area contributed by atoms with Crippen LogP contribution in [0.25, 0.3) is 27.7 Å². The average molecular weight is 521 g/mol. The molecule has 0 aliphatic heterocycles. The molecule has 0 N–H and O–H groups in total. The number of halogens is 1. The maximum atomic E-state index is 13.0. The van der Waals surface area contributed by atoms with Gasteiger partial charge in [0.25, 0.3) is 5.56 Å². The predicted octanol–water partition coefficient (Wildman–Crippen LogP) is 5.59. The maximum Gasteiger partial charge on any atom is 0.255 e. The van der Waals surface area contributed by atoms with Crippen LogP contribution in [-0.2, 0) is 15.6 Å². The quantitative estimate of drug-likeness (QED) is 0.290. The van der Waals surface area contributed by atoms with E-state index in [9.17, 15) is 13.2 Å². The lowest BCUT2D eigenvalue weighted by Crippen LogP contribution is -2.18. The molecule has 0 amide bonds. The average Bonchev–Trinajstić information content (AvgIpc) is 3.36. The number of nitrogens with zero attached hydrogens (tertiary/aromatic N) is 2. The second-order valence-electron chi connectivity index (χ2n) is 8.36. The summed E-state index contributed by atoms with van der Waals surface area (Å²) in [5.74, 6) is 0.377. The van der Waals surface area contributed by atoms with Crippen LogP contribution in [0.5, 0.6) is 5.75 Å². The normalized spacial score (nSPS) is 11.6. The number of fused-ring (bicyclic) bond motifs is 1. The molecular formula is C27H21ClN2O5S. The summed E-state index contributed by atoms with van der Waals surface area (Å²) in [6.45, 7) is 1.92. The van der Waals surface area contributed by atoms with Crippen molar-refractivity contribution in [2.45, 2.75) is 17.6 Å². The standard InChI is InChI=1S/C27H21ClN2O5S/c1-17-11-18(20-12-21(28)15-23(13-20)34-2)3-6-25(17)30-26-7-5-24(14-19(26)4-8-27(30)31)36(32,33)16-22-9-10-35-29-22/h3-15H,16H2,1-2H3. The van der Waals surface area contributed by atoms with E-state index in [1.54, 1.807) is 35.9 Å². The Balaban J connectivity index is 1.58. The first kappa shape index (κ1) is 23.8. The van der Waals surface area contributed by atoms with Crippen molar-refractivity contribution in [1.29, 1.82) is 0 Å². The highest BCUT2D eigenvalue weighted by molar-refractivity contribution is 7.90. The number of pyridine rings is 1. The van der Waals surface area contributed by atoms with Crippen molar-refractivity contribution in [3.8, 4) is 22.6 Å². The van der Waals surface area contributed by atoms with E-state index in [2.05, 4.69) is 5.16 Å². The first-order valence-corrected chi connectivity index (χ1v) is 13.0. The van der Waals surface area contributed by atoms with Crippen molar-refractivity contribution in [3.05, 3.63) is 106 Å². The largest absolute Gasteiger partial charge is 0.497 e. The summed E-state index contributed by atoms with van der Waals surface area (Å²) in [7, 11) is -2.06. The topological polar surface area (TPSA) is 91.4 Å². The fourth-order valence-electron chi connectivity index (χ4n) is 4.19. The molecular weight excluding hydrogens is 500 g/mol. The minimum atomic E-state index is -3.65. The Morgan fingerprint density at radius 1 is 0.972 bits per heavy atom. The van der Waals surface area contributed by atoms with Crippen LogP contribution in [0.1, 0.15) is 11.3 Å². The predicted molar refractivity (Wildman–Crippen MR) is 139 cm³/mol. The van der Waals surface area contributed by atoms with E-state index < -0.39 is 9.84 Å². The van der Waals surface area contributed by atoms with Crippen molar-refractivity contribution in [1.82, 2.24) is 9.72 Å². The molecule has 0 atom stereocenters. The minimum Gasteiger partial charge on any atom is -0.497 e. The summed E-state index contributed by atoms with van der Waals surface area (Å²) < 4.78 is 37.4. The van der Waals surface area contributed by atoms with Gasteiger partial charge in [-0.25, -0.2) is 8.42 Å². The van der Waals surface area contributed by atoms with E-state index in [-0.39, 0.29) is 16.2 Å². The highest BCUT2D eigenvalue weighted by Crippen LogP contribution is 2.31. The van der Waals surface area contributed by atoms with Gasteiger partial charge in [0.15, 0.2) is 9.84 Å².